The number of ether oxygens (including phenoxy) is 1. The summed E-state index contributed by atoms with van der Waals surface area (Å²) in [4.78, 5) is 23.9. The largest absolute Gasteiger partial charge is 0.384 e. The molecule has 3 atom stereocenters. The molecule has 2 heterocycles. The normalized spacial score (nSPS) is 26.5. The van der Waals surface area contributed by atoms with E-state index in [9.17, 15) is 4.79 Å². The summed E-state index contributed by atoms with van der Waals surface area (Å²) in [6.45, 7) is 6.38. The predicted octanol–water partition coefficient (Wildman–Crippen LogP) is 0.891. The van der Waals surface area contributed by atoms with Crippen molar-refractivity contribution in [3.8, 4) is 0 Å². The molecule has 1 aliphatic carbocycles. The van der Waals surface area contributed by atoms with Gasteiger partial charge >= 0.3 is 0 Å². The van der Waals surface area contributed by atoms with Gasteiger partial charge in [-0.05, 0) is 31.7 Å². The van der Waals surface area contributed by atoms with Crippen molar-refractivity contribution in [3.05, 3.63) is 17.7 Å². The van der Waals surface area contributed by atoms with Gasteiger partial charge in [0, 0.05) is 38.6 Å². The standard InChI is InChI=1S/C16H26N4O2/c1-11-6-17-15(18-11)10-19(2)7-12-13-8-20(9-14(12)13)16(21)4-5-22-3/h6,12-14H,4-5,7-10H2,1-3H3,(H,17,18)/t12?,13-,14+. The first kappa shape index (κ1) is 15.5. The molecule has 6 nitrogen and oxygen atoms in total. The lowest BCUT2D eigenvalue weighted by molar-refractivity contribution is -0.131. The molecule has 1 aromatic heterocycles. The van der Waals surface area contributed by atoms with E-state index in [0.717, 1.165) is 43.6 Å². The molecule has 0 bridgehead atoms. The quantitative estimate of drug-likeness (QED) is 0.813. The second-order valence-electron chi connectivity index (χ2n) is 6.74. The highest BCUT2D eigenvalue weighted by Crippen LogP contribution is 2.52. The van der Waals surface area contributed by atoms with Crippen LogP contribution in [0, 0.1) is 24.7 Å². The van der Waals surface area contributed by atoms with Crippen molar-refractivity contribution in [3.63, 3.8) is 0 Å². The highest BCUT2D eigenvalue weighted by Gasteiger charge is 2.56. The Kier molecular flexibility index (Phi) is 4.49. The number of amides is 1. The van der Waals surface area contributed by atoms with E-state index in [2.05, 4.69) is 21.9 Å². The molecule has 1 saturated carbocycles. The number of carbonyl (C=O) groups is 1. The number of likely N-dealkylation sites (tertiary alicyclic amines) is 1. The van der Waals surface area contributed by atoms with E-state index in [1.54, 1.807) is 7.11 Å². The highest BCUT2D eigenvalue weighted by atomic mass is 16.5. The van der Waals surface area contributed by atoms with Gasteiger partial charge in [0.2, 0.25) is 5.91 Å². The first-order chi connectivity index (χ1) is 10.6. The molecule has 2 fully saturated rings. The summed E-state index contributed by atoms with van der Waals surface area (Å²) >= 11 is 0. The second kappa shape index (κ2) is 6.38. The maximum absolute atomic E-state index is 12.0. The van der Waals surface area contributed by atoms with Crippen LogP contribution in [0.25, 0.3) is 0 Å². The molecule has 3 rings (SSSR count). The van der Waals surface area contributed by atoms with Crippen LogP contribution in [0.15, 0.2) is 6.20 Å². The number of carbonyl (C=O) groups excluding carboxylic acids is 1. The van der Waals surface area contributed by atoms with Crippen LogP contribution in [-0.2, 0) is 16.1 Å². The van der Waals surface area contributed by atoms with Gasteiger partial charge in [0.15, 0.2) is 0 Å². The zero-order valence-corrected chi connectivity index (χ0v) is 13.7. The van der Waals surface area contributed by atoms with Gasteiger partial charge in [-0.2, -0.15) is 0 Å². The fourth-order valence-electron chi connectivity index (χ4n) is 3.70. The van der Waals surface area contributed by atoms with Gasteiger partial charge in [0.25, 0.3) is 0 Å². The maximum Gasteiger partial charge on any atom is 0.224 e. The average molecular weight is 306 g/mol. The van der Waals surface area contributed by atoms with Crippen LogP contribution in [-0.4, -0.2) is 66.1 Å². The van der Waals surface area contributed by atoms with E-state index in [1.165, 1.54) is 0 Å². The van der Waals surface area contributed by atoms with E-state index in [0.29, 0.717) is 24.9 Å². The third kappa shape index (κ3) is 3.33. The van der Waals surface area contributed by atoms with Gasteiger partial charge in [0.1, 0.15) is 5.82 Å². The Hall–Kier alpha value is -1.40. The zero-order valence-electron chi connectivity index (χ0n) is 13.7. The number of aromatic nitrogens is 2. The van der Waals surface area contributed by atoms with E-state index in [1.807, 2.05) is 18.0 Å². The van der Waals surface area contributed by atoms with E-state index >= 15 is 0 Å². The van der Waals surface area contributed by atoms with Crippen molar-refractivity contribution in [2.75, 3.05) is 40.4 Å². The van der Waals surface area contributed by atoms with Crippen LogP contribution >= 0.6 is 0 Å². The van der Waals surface area contributed by atoms with Crippen molar-refractivity contribution >= 4 is 5.91 Å². The number of aromatic amines is 1. The molecule has 2 aliphatic rings. The number of imidazole rings is 1. The minimum absolute atomic E-state index is 0.243. The third-order valence-electron chi connectivity index (χ3n) is 4.94. The van der Waals surface area contributed by atoms with Gasteiger partial charge in [-0.15, -0.1) is 0 Å². The fraction of sp³-hybridized carbons (Fsp3) is 0.750. The van der Waals surface area contributed by atoms with E-state index in [4.69, 9.17) is 4.74 Å². The number of piperidine rings is 1. The van der Waals surface area contributed by atoms with Gasteiger partial charge in [-0.1, -0.05) is 0 Å². The van der Waals surface area contributed by atoms with Crippen molar-refractivity contribution in [1.82, 2.24) is 19.8 Å². The first-order valence-electron chi connectivity index (χ1n) is 8.04. The molecule has 1 aliphatic heterocycles. The molecule has 1 N–H and O–H groups in total. The number of H-pyrrole nitrogens is 1. The van der Waals surface area contributed by atoms with Gasteiger partial charge in [0.05, 0.1) is 19.6 Å². The Bertz CT molecular complexity index is 518. The lowest BCUT2D eigenvalue weighted by Crippen LogP contribution is -2.33. The summed E-state index contributed by atoms with van der Waals surface area (Å²) in [7, 11) is 3.79. The van der Waals surface area contributed by atoms with Gasteiger partial charge in [-0.25, -0.2) is 4.98 Å². The Balaban J connectivity index is 1.40. The number of rotatable bonds is 7. The van der Waals surface area contributed by atoms with Crippen molar-refractivity contribution in [2.45, 2.75) is 19.9 Å². The lowest BCUT2D eigenvalue weighted by atomic mass is 10.2. The number of fused-ring (bicyclic) bond motifs is 1. The van der Waals surface area contributed by atoms with E-state index in [-0.39, 0.29) is 5.91 Å². The molecule has 22 heavy (non-hydrogen) atoms. The Morgan fingerprint density at radius 2 is 2.23 bits per heavy atom. The maximum atomic E-state index is 12.0. The predicted molar refractivity (Wildman–Crippen MR) is 83.2 cm³/mol. The Morgan fingerprint density at radius 3 is 2.82 bits per heavy atom. The number of aryl methyl sites for hydroxylation is 1. The van der Waals surface area contributed by atoms with Crippen molar-refractivity contribution < 1.29 is 9.53 Å². The Labute approximate surface area is 131 Å². The minimum Gasteiger partial charge on any atom is -0.384 e. The summed E-state index contributed by atoms with van der Waals surface area (Å²) in [5.41, 5.74) is 1.11. The first-order valence-corrected chi connectivity index (χ1v) is 8.04. The van der Waals surface area contributed by atoms with Gasteiger partial charge in [-0.3, -0.25) is 9.69 Å². The summed E-state index contributed by atoms with van der Waals surface area (Å²) in [6.07, 6.45) is 2.39. The smallest absolute Gasteiger partial charge is 0.224 e. The van der Waals surface area contributed by atoms with Crippen LogP contribution < -0.4 is 0 Å². The molecule has 0 radical (unpaired) electrons. The van der Waals surface area contributed by atoms with Crippen LogP contribution in [0.3, 0.4) is 0 Å². The molecule has 122 valence electrons. The fourth-order valence-corrected chi connectivity index (χ4v) is 3.70. The Morgan fingerprint density at radius 1 is 1.50 bits per heavy atom. The summed E-state index contributed by atoms with van der Waals surface area (Å²) in [6, 6.07) is 0. The molecular weight excluding hydrogens is 280 g/mol. The number of methoxy groups -OCH3 is 1. The number of hydrogen-bond acceptors (Lipinski definition) is 4. The van der Waals surface area contributed by atoms with E-state index < -0.39 is 0 Å². The summed E-state index contributed by atoms with van der Waals surface area (Å²) in [5, 5.41) is 0. The molecule has 0 aromatic carbocycles. The molecule has 1 amide bonds. The van der Waals surface area contributed by atoms with Crippen LogP contribution in [0.4, 0.5) is 0 Å². The van der Waals surface area contributed by atoms with Crippen LogP contribution in [0.1, 0.15) is 17.9 Å². The summed E-state index contributed by atoms with van der Waals surface area (Å²) in [5.74, 6) is 3.42. The SMILES string of the molecule is COCCC(=O)N1C[C@@H]2C(CN(C)Cc3ncc(C)[nH]3)[C@@H]2C1. The molecule has 1 unspecified atom stereocenters. The van der Waals surface area contributed by atoms with Crippen LogP contribution in [0.2, 0.25) is 0 Å². The minimum atomic E-state index is 0.243. The molecule has 1 aromatic rings. The average Bonchev–Trinajstić information content (AvgIpc) is 2.85. The molecule has 6 heteroatoms. The molecule has 0 spiro atoms. The van der Waals surface area contributed by atoms with Crippen molar-refractivity contribution in [1.29, 1.82) is 0 Å². The number of hydrogen-bond donors (Lipinski definition) is 1. The summed E-state index contributed by atoms with van der Waals surface area (Å²) < 4.78 is 4.98. The zero-order chi connectivity index (χ0) is 15.7. The van der Waals surface area contributed by atoms with Gasteiger partial charge < -0.3 is 14.6 Å². The third-order valence-corrected chi connectivity index (χ3v) is 4.94. The second-order valence-corrected chi connectivity index (χ2v) is 6.74. The molecule has 1 saturated heterocycles. The monoisotopic (exact) mass is 306 g/mol. The van der Waals surface area contributed by atoms with Crippen LogP contribution in [0.5, 0.6) is 0 Å². The van der Waals surface area contributed by atoms with Crippen molar-refractivity contribution in [2.24, 2.45) is 17.8 Å². The topological polar surface area (TPSA) is 61.5 Å². The number of nitrogens with zero attached hydrogens (tertiary/aromatic N) is 3. The highest BCUT2D eigenvalue weighted by molar-refractivity contribution is 5.76. The number of nitrogens with one attached hydrogen (secondary N) is 1. The lowest BCUT2D eigenvalue weighted by Gasteiger charge is -2.22. The molecular formula is C16H26N4O2.